The minimum Gasteiger partial charge on any atom is -0.338 e. The zero-order valence-corrected chi connectivity index (χ0v) is 10.3. The Bertz CT molecular complexity index is 499. The molecule has 0 aromatic carbocycles. The van der Waals surface area contributed by atoms with E-state index in [4.69, 9.17) is 0 Å². The molecule has 0 aliphatic rings. The van der Waals surface area contributed by atoms with Crippen molar-refractivity contribution < 1.29 is 4.79 Å². The minimum atomic E-state index is 0.218. The number of carbonyl (C=O) groups is 1. The number of imidazole rings is 1. The van der Waals surface area contributed by atoms with Gasteiger partial charge in [0.25, 0.3) is 0 Å². The Kier molecular flexibility index (Phi) is 3.19. The molecule has 16 heavy (non-hydrogen) atoms. The van der Waals surface area contributed by atoms with Gasteiger partial charge < -0.3 is 4.57 Å². The second-order valence-electron chi connectivity index (χ2n) is 3.81. The van der Waals surface area contributed by atoms with E-state index in [1.165, 1.54) is 11.3 Å². The zero-order chi connectivity index (χ0) is 11.5. The lowest BCUT2D eigenvalue weighted by molar-refractivity contribution is 0.0985. The molecule has 0 aliphatic carbocycles. The average molecular weight is 234 g/mol. The van der Waals surface area contributed by atoms with Gasteiger partial charge in [0, 0.05) is 32.3 Å². The summed E-state index contributed by atoms with van der Waals surface area (Å²) in [6, 6.07) is 1.98. The molecule has 0 spiro atoms. The molecule has 2 aromatic heterocycles. The number of aromatic nitrogens is 2. The summed E-state index contributed by atoms with van der Waals surface area (Å²) >= 11 is 1.52. The average Bonchev–Trinajstić information content (AvgIpc) is 2.84. The molecule has 2 aromatic rings. The number of ketones is 1. The largest absolute Gasteiger partial charge is 0.338 e. The topological polar surface area (TPSA) is 34.9 Å². The van der Waals surface area contributed by atoms with Gasteiger partial charge in [0.1, 0.15) is 5.82 Å². The first-order valence-electron chi connectivity index (χ1n) is 5.22. The predicted molar refractivity (Wildman–Crippen MR) is 64.9 cm³/mol. The van der Waals surface area contributed by atoms with E-state index < -0.39 is 0 Å². The van der Waals surface area contributed by atoms with Crippen molar-refractivity contribution in [3.8, 4) is 0 Å². The maximum absolute atomic E-state index is 11.9. The van der Waals surface area contributed by atoms with Crippen molar-refractivity contribution >= 4 is 17.1 Å². The molecule has 0 aliphatic heterocycles. The summed E-state index contributed by atoms with van der Waals surface area (Å²) in [6.45, 7) is 1.98. The second-order valence-corrected chi connectivity index (χ2v) is 4.73. The quantitative estimate of drug-likeness (QED) is 0.762. The Balaban J connectivity index is 1.99. The first kappa shape index (κ1) is 11.1. The fraction of sp³-hybridized carbons (Fsp3) is 0.333. The number of hydrogen-bond acceptors (Lipinski definition) is 3. The number of hydrogen-bond donors (Lipinski definition) is 0. The lowest BCUT2D eigenvalue weighted by atomic mass is 10.1. The van der Waals surface area contributed by atoms with Crippen LogP contribution in [0.4, 0.5) is 0 Å². The van der Waals surface area contributed by atoms with Crippen LogP contribution in [0, 0.1) is 6.92 Å². The van der Waals surface area contributed by atoms with Crippen LogP contribution in [0.15, 0.2) is 23.8 Å². The van der Waals surface area contributed by atoms with Crippen LogP contribution in [0.3, 0.4) is 0 Å². The molecule has 0 unspecified atom stereocenters. The van der Waals surface area contributed by atoms with Crippen molar-refractivity contribution in [2.75, 3.05) is 0 Å². The highest BCUT2D eigenvalue weighted by atomic mass is 32.1. The van der Waals surface area contributed by atoms with Crippen LogP contribution in [-0.4, -0.2) is 15.3 Å². The van der Waals surface area contributed by atoms with Crippen molar-refractivity contribution in [1.29, 1.82) is 0 Å². The summed E-state index contributed by atoms with van der Waals surface area (Å²) in [4.78, 5) is 17.0. The van der Waals surface area contributed by atoms with Gasteiger partial charge >= 0.3 is 0 Å². The van der Waals surface area contributed by atoms with Crippen molar-refractivity contribution in [2.45, 2.75) is 19.8 Å². The third-order valence-electron chi connectivity index (χ3n) is 2.61. The Labute approximate surface area is 98.8 Å². The van der Waals surface area contributed by atoms with Crippen LogP contribution < -0.4 is 0 Å². The van der Waals surface area contributed by atoms with Crippen molar-refractivity contribution in [3.05, 3.63) is 40.1 Å². The summed E-state index contributed by atoms with van der Waals surface area (Å²) in [6.07, 6.45) is 4.90. The predicted octanol–water partition coefficient (Wildman–Crippen LogP) is 2.61. The number of nitrogens with zero attached hydrogens (tertiary/aromatic N) is 2. The maximum Gasteiger partial charge on any atom is 0.173 e. The molecule has 3 nitrogen and oxygen atoms in total. The first-order chi connectivity index (χ1) is 7.68. The molecular formula is C12H14N2OS. The summed E-state index contributed by atoms with van der Waals surface area (Å²) < 4.78 is 1.95. The van der Waals surface area contributed by atoms with Crippen LogP contribution in [0.1, 0.15) is 27.5 Å². The highest BCUT2D eigenvalue weighted by Crippen LogP contribution is 2.18. The number of Topliss-reactive ketones (excluding diaryl/α,β-unsaturated/α-hetero) is 1. The van der Waals surface area contributed by atoms with E-state index in [2.05, 4.69) is 4.98 Å². The molecule has 0 atom stereocenters. The van der Waals surface area contributed by atoms with E-state index in [9.17, 15) is 4.79 Å². The van der Waals surface area contributed by atoms with Gasteiger partial charge in [-0.3, -0.25) is 4.79 Å². The van der Waals surface area contributed by atoms with E-state index in [0.29, 0.717) is 12.8 Å². The Morgan fingerprint density at radius 1 is 1.56 bits per heavy atom. The Morgan fingerprint density at radius 3 is 2.94 bits per heavy atom. The van der Waals surface area contributed by atoms with Gasteiger partial charge in [-0.25, -0.2) is 4.98 Å². The molecule has 84 valence electrons. The standard InChI is InChI=1S/C12H14N2OS/c1-9-5-8-16-12(9)10(15)3-4-11-13-6-7-14(11)2/h5-8H,3-4H2,1-2H3. The molecular weight excluding hydrogens is 220 g/mol. The summed E-state index contributed by atoms with van der Waals surface area (Å²) in [5, 5.41) is 1.96. The Morgan fingerprint density at radius 2 is 2.38 bits per heavy atom. The molecule has 0 fully saturated rings. The first-order valence-corrected chi connectivity index (χ1v) is 6.10. The SMILES string of the molecule is Cc1ccsc1C(=O)CCc1nccn1C. The highest BCUT2D eigenvalue weighted by molar-refractivity contribution is 7.12. The summed E-state index contributed by atoms with van der Waals surface area (Å²) in [5.74, 6) is 1.18. The molecule has 2 heterocycles. The highest BCUT2D eigenvalue weighted by Gasteiger charge is 2.11. The van der Waals surface area contributed by atoms with Crippen LogP contribution >= 0.6 is 11.3 Å². The lowest BCUT2D eigenvalue weighted by Gasteiger charge is -2.01. The third-order valence-corrected chi connectivity index (χ3v) is 3.67. The molecule has 2 rings (SSSR count). The monoisotopic (exact) mass is 234 g/mol. The third kappa shape index (κ3) is 2.22. The molecule has 0 bridgehead atoms. The van der Waals surface area contributed by atoms with Crippen molar-refractivity contribution in [2.24, 2.45) is 7.05 Å². The number of carbonyl (C=O) groups excluding carboxylic acids is 1. The zero-order valence-electron chi connectivity index (χ0n) is 9.43. The van der Waals surface area contributed by atoms with E-state index in [-0.39, 0.29) is 5.78 Å². The Hall–Kier alpha value is -1.42. The van der Waals surface area contributed by atoms with Gasteiger partial charge in [-0.15, -0.1) is 11.3 Å². The van der Waals surface area contributed by atoms with Crippen LogP contribution in [-0.2, 0) is 13.5 Å². The molecule has 0 amide bonds. The van der Waals surface area contributed by atoms with E-state index in [1.54, 1.807) is 6.20 Å². The summed E-state index contributed by atoms with van der Waals surface area (Å²) in [7, 11) is 1.95. The van der Waals surface area contributed by atoms with Gasteiger partial charge in [0.05, 0.1) is 4.88 Å². The molecule has 4 heteroatoms. The van der Waals surface area contributed by atoms with Gasteiger partial charge in [0.15, 0.2) is 5.78 Å². The van der Waals surface area contributed by atoms with Crippen LogP contribution in [0.2, 0.25) is 0 Å². The van der Waals surface area contributed by atoms with Gasteiger partial charge in [-0.05, 0) is 23.9 Å². The normalized spacial score (nSPS) is 10.6. The fourth-order valence-corrected chi connectivity index (χ4v) is 2.53. The lowest BCUT2D eigenvalue weighted by Crippen LogP contribution is -2.04. The van der Waals surface area contributed by atoms with E-state index in [1.807, 2.05) is 36.2 Å². The maximum atomic E-state index is 11.9. The van der Waals surface area contributed by atoms with Crippen molar-refractivity contribution in [3.63, 3.8) is 0 Å². The summed E-state index contributed by atoms with van der Waals surface area (Å²) in [5.41, 5.74) is 1.08. The van der Waals surface area contributed by atoms with Gasteiger partial charge in [0.2, 0.25) is 0 Å². The minimum absolute atomic E-state index is 0.218. The number of thiophene rings is 1. The molecule has 0 saturated carbocycles. The van der Waals surface area contributed by atoms with Gasteiger partial charge in [-0.2, -0.15) is 0 Å². The smallest absolute Gasteiger partial charge is 0.173 e. The number of aryl methyl sites for hydroxylation is 3. The molecule has 0 saturated heterocycles. The molecule has 0 radical (unpaired) electrons. The number of rotatable bonds is 4. The van der Waals surface area contributed by atoms with E-state index >= 15 is 0 Å². The van der Waals surface area contributed by atoms with E-state index in [0.717, 1.165) is 16.3 Å². The van der Waals surface area contributed by atoms with Crippen LogP contribution in [0.5, 0.6) is 0 Å². The van der Waals surface area contributed by atoms with Crippen molar-refractivity contribution in [1.82, 2.24) is 9.55 Å². The molecule has 0 N–H and O–H groups in total. The second kappa shape index (κ2) is 4.61. The van der Waals surface area contributed by atoms with Crippen LogP contribution in [0.25, 0.3) is 0 Å². The fourth-order valence-electron chi connectivity index (χ4n) is 1.63. The van der Waals surface area contributed by atoms with Gasteiger partial charge in [-0.1, -0.05) is 0 Å².